The van der Waals surface area contributed by atoms with E-state index in [-0.39, 0.29) is 78.2 Å². The van der Waals surface area contributed by atoms with E-state index in [2.05, 4.69) is 10.1 Å². The molecule has 0 saturated heterocycles. The number of ether oxygens (including phenoxy) is 1. The number of aromatic nitrogens is 1. The first kappa shape index (κ1) is 38.6. The molecule has 9 nitrogen and oxygen atoms in total. The fraction of sp³-hybridized carbons (Fsp3) is 0.306. The van der Waals surface area contributed by atoms with Crippen LogP contribution in [0.3, 0.4) is 0 Å². The van der Waals surface area contributed by atoms with Crippen LogP contribution in [0.5, 0.6) is 0 Å². The van der Waals surface area contributed by atoms with Crippen LogP contribution < -0.4 is 40.0 Å². The number of carboxylic acid groups (broad SMARTS) is 1. The van der Waals surface area contributed by atoms with Crippen LogP contribution in [-0.2, 0) is 22.5 Å². The molecule has 0 spiro atoms. The molecule has 3 N–H and O–H groups in total. The summed E-state index contributed by atoms with van der Waals surface area (Å²) in [4.78, 5) is 36.9. The molecule has 0 radical (unpaired) electrons. The second-order valence-corrected chi connectivity index (χ2v) is 11.5. The van der Waals surface area contributed by atoms with Crippen molar-refractivity contribution >= 4 is 17.8 Å². The first-order valence-electron chi connectivity index (χ1n) is 15.2. The van der Waals surface area contributed by atoms with Crippen LogP contribution in [0, 0.1) is 11.6 Å². The topological polar surface area (TPSA) is 141 Å². The van der Waals surface area contributed by atoms with Crippen molar-refractivity contribution in [1.82, 2.24) is 9.88 Å². The van der Waals surface area contributed by atoms with Crippen LogP contribution in [0.2, 0.25) is 0 Å². The van der Waals surface area contributed by atoms with Gasteiger partial charge in [0.05, 0.1) is 24.9 Å². The Morgan fingerprint density at radius 1 is 0.917 bits per heavy atom. The Morgan fingerprint density at radius 2 is 1.56 bits per heavy atom. The van der Waals surface area contributed by atoms with Crippen molar-refractivity contribution in [2.75, 3.05) is 7.11 Å². The average molecular weight is 671 g/mol. The zero-order chi connectivity index (χ0) is 34.2. The second-order valence-electron chi connectivity index (χ2n) is 11.5. The molecule has 0 fully saturated rings. The van der Waals surface area contributed by atoms with Crippen LogP contribution in [0.15, 0.2) is 72.8 Å². The van der Waals surface area contributed by atoms with Gasteiger partial charge in [-0.3, -0.25) is 4.79 Å². The van der Waals surface area contributed by atoms with Gasteiger partial charge in [-0.15, -0.1) is 0 Å². The van der Waals surface area contributed by atoms with Crippen molar-refractivity contribution in [3.8, 4) is 22.3 Å². The monoisotopic (exact) mass is 670 g/mol. The molecule has 4 rings (SSSR count). The number of carbonyl (C=O) groups is 3. The number of hydrogen-bond donors (Lipinski definition) is 3. The van der Waals surface area contributed by atoms with Crippen molar-refractivity contribution in [3.63, 3.8) is 0 Å². The average Bonchev–Trinajstić information content (AvgIpc) is 3.38. The molecular formula is C36H37F2N2NaO7. The molecule has 1 heterocycles. The summed E-state index contributed by atoms with van der Waals surface area (Å²) in [6.07, 6.45) is -2.86. The van der Waals surface area contributed by atoms with Crippen LogP contribution in [0.1, 0.15) is 71.3 Å². The first-order chi connectivity index (χ1) is 22.4. The molecule has 4 aromatic rings. The van der Waals surface area contributed by atoms with Gasteiger partial charge < -0.3 is 34.7 Å². The Kier molecular flexibility index (Phi) is 14.1. The SMILES string of the molecule is COC(=O)c1ccc(CNC(=O)c2c(-c3ccccc3)c(-c3ccc(F)cc3)c(CC[C@@H](O)C[C@@H](O)CC(=O)[O-])n2C(C)C)c(F)c1.[Na+]. The number of carboxylic acids is 1. The van der Waals surface area contributed by atoms with Gasteiger partial charge in [0.15, 0.2) is 0 Å². The minimum Gasteiger partial charge on any atom is -0.550 e. The molecule has 1 aromatic heterocycles. The fourth-order valence-corrected chi connectivity index (χ4v) is 5.70. The van der Waals surface area contributed by atoms with E-state index in [0.29, 0.717) is 27.9 Å². The van der Waals surface area contributed by atoms with Gasteiger partial charge in [0.25, 0.3) is 5.91 Å². The molecule has 0 unspecified atom stereocenters. The minimum atomic E-state index is -1.43. The molecule has 12 heteroatoms. The summed E-state index contributed by atoms with van der Waals surface area (Å²) in [6, 6.07) is 18.5. The molecule has 1 amide bonds. The van der Waals surface area contributed by atoms with Crippen LogP contribution in [-0.4, -0.2) is 51.9 Å². The summed E-state index contributed by atoms with van der Waals surface area (Å²) in [7, 11) is 1.19. The molecule has 3 aromatic carbocycles. The number of halogens is 2. The Bertz CT molecular complexity index is 1730. The van der Waals surface area contributed by atoms with E-state index in [1.54, 1.807) is 12.1 Å². The number of benzene rings is 3. The normalized spacial score (nSPS) is 12.2. The zero-order valence-electron chi connectivity index (χ0n) is 27.3. The molecule has 0 aliphatic heterocycles. The summed E-state index contributed by atoms with van der Waals surface area (Å²) < 4.78 is 35.5. The maximum atomic E-state index is 14.9. The number of hydrogen-bond acceptors (Lipinski definition) is 7. The van der Waals surface area contributed by atoms with Gasteiger partial charge in [0.2, 0.25) is 0 Å². The third kappa shape index (κ3) is 9.39. The minimum absolute atomic E-state index is 0. The Hall–Kier alpha value is -3.87. The third-order valence-corrected chi connectivity index (χ3v) is 7.81. The fourth-order valence-electron chi connectivity index (χ4n) is 5.70. The number of methoxy groups -OCH3 is 1. The van der Waals surface area contributed by atoms with E-state index in [1.807, 2.05) is 48.7 Å². The van der Waals surface area contributed by atoms with Gasteiger partial charge in [0, 0.05) is 47.4 Å². The standard InChI is InChI=1S/C36H38F2N2O7.Na/c1-21(2)40-30(16-15-27(41)18-28(42)19-31(43)44)32(23-11-13-26(37)14-12-23)33(22-7-5-4-6-8-22)34(40)35(45)39-20-25-10-9-24(17-29(25)38)36(46)47-3;/h4-14,17,21,27-28,41-42H,15-16,18-20H2,1-3H3,(H,39,45)(H,43,44);/q;+1/p-1/t27-,28-;/m1./s1. The van der Waals surface area contributed by atoms with Crippen molar-refractivity contribution in [1.29, 1.82) is 0 Å². The zero-order valence-corrected chi connectivity index (χ0v) is 29.3. The smallest absolute Gasteiger partial charge is 0.550 e. The summed E-state index contributed by atoms with van der Waals surface area (Å²) in [5.41, 5.74) is 3.57. The molecule has 2 atom stereocenters. The van der Waals surface area contributed by atoms with Gasteiger partial charge in [-0.1, -0.05) is 48.5 Å². The second kappa shape index (κ2) is 17.5. The number of amides is 1. The molecule has 48 heavy (non-hydrogen) atoms. The first-order valence-corrected chi connectivity index (χ1v) is 15.2. The Balaban J connectivity index is 0.00000625. The Labute approximate surface area is 299 Å². The van der Waals surface area contributed by atoms with E-state index >= 15 is 0 Å². The maximum absolute atomic E-state index is 14.9. The van der Waals surface area contributed by atoms with Crippen LogP contribution >= 0.6 is 0 Å². The van der Waals surface area contributed by atoms with Crippen molar-refractivity contribution in [2.24, 2.45) is 0 Å². The van der Waals surface area contributed by atoms with Gasteiger partial charge in [-0.2, -0.15) is 0 Å². The number of aliphatic carboxylic acids is 1. The number of aliphatic hydroxyl groups excluding tert-OH is 2. The van der Waals surface area contributed by atoms with Crippen molar-refractivity contribution < 1.29 is 72.8 Å². The van der Waals surface area contributed by atoms with E-state index in [4.69, 9.17) is 0 Å². The van der Waals surface area contributed by atoms with E-state index in [0.717, 1.165) is 6.07 Å². The quantitative estimate of drug-likeness (QED) is 0.137. The number of rotatable bonds is 14. The summed E-state index contributed by atoms with van der Waals surface area (Å²) in [5, 5.41) is 34.5. The predicted molar refractivity (Wildman–Crippen MR) is 169 cm³/mol. The number of aliphatic hydroxyl groups is 2. The molecular weight excluding hydrogens is 633 g/mol. The molecule has 248 valence electrons. The van der Waals surface area contributed by atoms with E-state index in [9.17, 15) is 38.5 Å². The third-order valence-electron chi connectivity index (χ3n) is 7.81. The summed E-state index contributed by atoms with van der Waals surface area (Å²) in [5.74, 6) is -3.79. The van der Waals surface area contributed by atoms with Crippen LogP contribution in [0.4, 0.5) is 8.78 Å². The maximum Gasteiger partial charge on any atom is 1.00 e. The van der Waals surface area contributed by atoms with E-state index in [1.165, 1.54) is 31.4 Å². The largest absolute Gasteiger partial charge is 1.00 e. The number of nitrogens with one attached hydrogen (secondary N) is 1. The predicted octanol–water partition coefficient (Wildman–Crippen LogP) is 1.59. The molecule has 0 saturated carbocycles. The molecule has 0 bridgehead atoms. The van der Waals surface area contributed by atoms with Gasteiger partial charge in [0.1, 0.15) is 17.3 Å². The van der Waals surface area contributed by atoms with Crippen molar-refractivity contribution in [3.05, 3.63) is 107 Å². The van der Waals surface area contributed by atoms with Gasteiger partial charge >= 0.3 is 35.5 Å². The number of carbonyl (C=O) groups excluding carboxylic acids is 3. The summed E-state index contributed by atoms with van der Waals surface area (Å²) >= 11 is 0. The summed E-state index contributed by atoms with van der Waals surface area (Å²) in [6.45, 7) is 3.57. The Morgan fingerprint density at radius 3 is 2.15 bits per heavy atom. The van der Waals surface area contributed by atoms with Gasteiger partial charge in [-0.05, 0) is 68.5 Å². The van der Waals surface area contributed by atoms with E-state index < -0.39 is 48.1 Å². The van der Waals surface area contributed by atoms with Gasteiger partial charge in [-0.25, -0.2) is 13.6 Å². The molecule has 0 aliphatic carbocycles. The number of nitrogens with zero attached hydrogens (tertiary/aromatic N) is 1. The molecule has 0 aliphatic rings. The van der Waals surface area contributed by atoms with Crippen molar-refractivity contribution in [2.45, 2.75) is 64.3 Å². The van der Waals surface area contributed by atoms with Crippen LogP contribution in [0.25, 0.3) is 22.3 Å². The number of esters is 1.